The third-order valence-corrected chi connectivity index (χ3v) is 2.25. The molecular formula is C11H9FN2O4. The third-order valence-electron chi connectivity index (χ3n) is 2.25. The van der Waals surface area contributed by atoms with E-state index in [0.29, 0.717) is 0 Å². The van der Waals surface area contributed by atoms with Crippen LogP contribution in [0.3, 0.4) is 0 Å². The van der Waals surface area contributed by atoms with Gasteiger partial charge >= 0.3 is 0 Å². The van der Waals surface area contributed by atoms with Crippen LogP contribution in [0.5, 0.6) is 11.5 Å². The van der Waals surface area contributed by atoms with Gasteiger partial charge in [-0.25, -0.2) is 4.39 Å². The first-order valence-corrected chi connectivity index (χ1v) is 4.99. The van der Waals surface area contributed by atoms with Crippen molar-refractivity contribution in [2.24, 2.45) is 4.99 Å². The zero-order valence-corrected chi connectivity index (χ0v) is 9.34. The van der Waals surface area contributed by atoms with Crippen LogP contribution in [0.2, 0.25) is 0 Å². The van der Waals surface area contributed by atoms with E-state index >= 15 is 0 Å². The first-order valence-electron chi connectivity index (χ1n) is 4.99. The molecular weight excluding hydrogens is 243 g/mol. The largest absolute Gasteiger partial charge is 0.493 e. The van der Waals surface area contributed by atoms with E-state index in [9.17, 15) is 14.0 Å². The highest BCUT2D eigenvalue weighted by atomic mass is 19.1. The first kappa shape index (κ1) is 12.0. The molecule has 1 atom stereocenters. The molecule has 0 fully saturated rings. The van der Waals surface area contributed by atoms with Crippen molar-refractivity contribution in [1.82, 2.24) is 5.32 Å². The van der Waals surface area contributed by atoms with Gasteiger partial charge in [-0.3, -0.25) is 9.59 Å². The molecule has 0 saturated carbocycles. The fourth-order valence-electron chi connectivity index (χ4n) is 1.40. The summed E-state index contributed by atoms with van der Waals surface area (Å²) in [6, 6.07) is 4.00. The van der Waals surface area contributed by atoms with E-state index in [-0.39, 0.29) is 11.5 Å². The van der Waals surface area contributed by atoms with Crippen molar-refractivity contribution in [2.45, 2.75) is 6.10 Å². The molecule has 1 aliphatic rings. The van der Waals surface area contributed by atoms with Crippen LogP contribution in [0, 0.1) is 5.82 Å². The Balaban J connectivity index is 2.31. The van der Waals surface area contributed by atoms with Gasteiger partial charge in [0.1, 0.15) is 0 Å². The van der Waals surface area contributed by atoms with E-state index in [1.165, 1.54) is 19.2 Å². The lowest BCUT2D eigenvalue weighted by atomic mass is 10.2. The molecule has 2 amide bonds. The summed E-state index contributed by atoms with van der Waals surface area (Å²) in [5, 5.41) is 2.20. The number of hydrogen-bond donors (Lipinski definition) is 1. The lowest BCUT2D eigenvalue weighted by molar-refractivity contribution is -0.137. The van der Waals surface area contributed by atoms with Gasteiger partial charge in [0.25, 0.3) is 17.9 Å². The number of carbonyl (C=O) groups excluding carboxylic acids is 2. The smallest absolute Gasteiger partial charge is 0.298 e. The van der Waals surface area contributed by atoms with Gasteiger partial charge in [-0.15, -0.1) is 0 Å². The maximum absolute atomic E-state index is 13.6. The number of rotatable bonds is 3. The molecule has 1 N–H and O–H groups in total. The summed E-state index contributed by atoms with van der Waals surface area (Å²) in [5.74, 6) is -2.45. The van der Waals surface area contributed by atoms with Crippen molar-refractivity contribution in [3.05, 3.63) is 24.0 Å². The molecule has 2 rings (SSSR count). The van der Waals surface area contributed by atoms with E-state index in [2.05, 4.69) is 10.3 Å². The van der Waals surface area contributed by atoms with E-state index < -0.39 is 23.7 Å². The maximum Gasteiger partial charge on any atom is 0.298 e. The summed E-state index contributed by atoms with van der Waals surface area (Å²) < 4.78 is 23.5. The Hall–Kier alpha value is -2.44. The predicted octanol–water partition coefficient (Wildman–Crippen LogP) is 0.266. The summed E-state index contributed by atoms with van der Waals surface area (Å²) in [6.45, 7) is 0. The van der Waals surface area contributed by atoms with Gasteiger partial charge in [-0.05, 0) is 12.1 Å². The highest BCUT2D eigenvalue weighted by Crippen LogP contribution is 2.30. The Morgan fingerprint density at radius 1 is 1.39 bits per heavy atom. The topological polar surface area (TPSA) is 77.0 Å². The summed E-state index contributed by atoms with van der Waals surface area (Å²) in [6.07, 6.45) is -0.552. The second-order valence-electron chi connectivity index (χ2n) is 3.37. The van der Waals surface area contributed by atoms with Gasteiger partial charge in [0, 0.05) is 0 Å². The van der Waals surface area contributed by atoms with Gasteiger partial charge in [0.05, 0.1) is 13.4 Å². The number of carbonyl (C=O) groups is 2. The number of aliphatic imine (C=N–C) groups is 1. The van der Waals surface area contributed by atoms with Crippen LogP contribution >= 0.6 is 0 Å². The molecule has 6 nitrogen and oxygen atoms in total. The Morgan fingerprint density at radius 2 is 2.17 bits per heavy atom. The molecule has 0 aliphatic carbocycles. The second-order valence-corrected chi connectivity index (χ2v) is 3.37. The fraction of sp³-hybridized carbons (Fsp3) is 0.182. The standard InChI is InChI=1S/C11H9FN2O4/c1-17-7-4-2-3-6(12)8(7)18-9-10(15)13-5-14-11(9)16/h2-5,9H,1H3,(H,13,14,15,16). The monoisotopic (exact) mass is 252 g/mol. The molecule has 18 heavy (non-hydrogen) atoms. The average Bonchev–Trinajstić information content (AvgIpc) is 2.35. The van der Waals surface area contributed by atoms with Gasteiger partial charge < -0.3 is 14.8 Å². The van der Waals surface area contributed by atoms with Crippen molar-refractivity contribution in [1.29, 1.82) is 0 Å². The van der Waals surface area contributed by atoms with Crippen LogP contribution in [0.1, 0.15) is 0 Å². The molecule has 1 unspecified atom stereocenters. The van der Waals surface area contributed by atoms with Gasteiger partial charge in [0.15, 0.2) is 17.3 Å². The Morgan fingerprint density at radius 3 is 2.83 bits per heavy atom. The van der Waals surface area contributed by atoms with E-state index in [4.69, 9.17) is 9.47 Å². The molecule has 94 valence electrons. The molecule has 0 radical (unpaired) electrons. The average molecular weight is 252 g/mol. The lowest BCUT2D eigenvalue weighted by Gasteiger charge is -2.18. The summed E-state index contributed by atoms with van der Waals surface area (Å²) >= 11 is 0. The number of nitrogens with one attached hydrogen (secondary N) is 1. The van der Waals surface area contributed by atoms with Crippen LogP contribution < -0.4 is 14.8 Å². The number of ether oxygens (including phenoxy) is 2. The molecule has 0 saturated heterocycles. The molecule has 1 aliphatic heterocycles. The van der Waals surface area contributed by atoms with Crippen LogP contribution in [-0.4, -0.2) is 31.4 Å². The number of amides is 2. The van der Waals surface area contributed by atoms with Crippen LogP contribution in [0.25, 0.3) is 0 Å². The van der Waals surface area contributed by atoms with Crippen molar-refractivity contribution in [3.63, 3.8) is 0 Å². The molecule has 0 aromatic heterocycles. The van der Waals surface area contributed by atoms with Crippen LogP contribution in [-0.2, 0) is 9.59 Å². The second kappa shape index (κ2) is 4.82. The molecule has 0 spiro atoms. The van der Waals surface area contributed by atoms with Gasteiger partial charge in [0.2, 0.25) is 0 Å². The Bertz CT molecular complexity index is 530. The van der Waals surface area contributed by atoms with E-state index in [1.54, 1.807) is 0 Å². The zero-order chi connectivity index (χ0) is 13.1. The number of benzene rings is 1. The summed E-state index contributed by atoms with van der Waals surface area (Å²) in [7, 11) is 1.32. The predicted molar refractivity (Wildman–Crippen MR) is 59.0 cm³/mol. The van der Waals surface area contributed by atoms with Crippen LogP contribution in [0.15, 0.2) is 23.2 Å². The Kier molecular flexibility index (Phi) is 3.22. The highest BCUT2D eigenvalue weighted by molar-refractivity contribution is 6.12. The van der Waals surface area contributed by atoms with Gasteiger partial charge in [-0.1, -0.05) is 6.07 Å². The van der Waals surface area contributed by atoms with Gasteiger partial charge in [-0.2, -0.15) is 4.99 Å². The number of para-hydroxylation sites is 1. The number of methoxy groups -OCH3 is 1. The Labute approximate surface area is 101 Å². The summed E-state index contributed by atoms with van der Waals surface area (Å²) in [4.78, 5) is 26.1. The SMILES string of the molecule is COc1cccc(F)c1OC1C(=O)N=CNC1=O. The van der Waals surface area contributed by atoms with Crippen molar-refractivity contribution < 1.29 is 23.5 Å². The quantitative estimate of drug-likeness (QED) is 0.783. The molecule has 7 heteroatoms. The molecule has 1 aromatic rings. The van der Waals surface area contributed by atoms with Crippen molar-refractivity contribution >= 4 is 18.2 Å². The van der Waals surface area contributed by atoms with Crippen molar-refractivity contribution in [2.75, 3.05) is 7.11 Å². The zero-order valence-electron chi connectivity index (χ0n) is 9.34. The molecule has 1 aromatic carbocycles. The van der Waals surface area contributed by atoms with Crippen molar-refractivity contribution in [3.8, 4) is 11.5 Å². The minimum atomic E-state index is -1.51. The number of halogens is 1. The number of hydrogen-bond acceptors (Lipinski definition) is 4. The van der Waals surface area contributed by atoms with Crippen LogP contribution in [0.4, 0.5) is 4.39 Å². The van der Waals surface area contributed by atoms with E-state index in [1.807, 2.05) is 0 Å². The summed E-state index contributed by atoms with van der Waals surface area (Å²) in [5.41, 5.74) is 0. The van der Waals surface area contributed by atoms with E-state index in [0.717, 1.165) is 12.4 Å². The lowest BCUT2D eigenvalue weighted by Crippen LogP contribution is -2.46. The first-order chi connectivity index (χ1) is 8.63. The highest BCUT2D eigenvalue weighted by Gasteiger charge is 2.32. The number of nitrogens with zero attached hydrogens (tertiary/aromatic N) is 1. The molecule has 1 heterocycles. The maximum atomic E-state index is 13.6. The minimum Gasteiger partial charge on any atom is -0.493 e. The molecule has 0 bridgehead atoms. The minimum absolute atomic E-state index is 0.0881. The normalized spacial score (nSPS) is 18.4. The fourth-order valence-corrected chi connectivity index (χ4v) is 1.40. The third kappa shape index (κ3) is 2.15.